The van der Waals surface area contributed by atoms with Gasteiger partial charge in [0, 0.05) is 52.4 Å². The molecule has 0 heterocycles. The van der Waals surface area contributed by atoms with Gasteiger partial charge in [0.15, 0.2) is 0 Å². The average molecular weight is 484 g/mol. The SMILES string of the molecule is CCN(CC)C(C)=N[P+](N=C(C)C)(N=C(C)N(CC)CC)N=C(N(CC)CC)N(CC)CC. The van der Waals surface area contributed by atoms with Gasteiger partial charge in [-0.2, -0.15) is 0 Å². The van der Waals surface area contributed by atoms with Crippen LogP contribution in [0.3, 0.4) is 0 Å². The maximum Gasteiger partial charge on any atom is 0.500 e. The van der Waals surface area contributed by atoms with E-state index in [1.165, 1.54) is 0 Å². The minimum absolute atomic E-state index is 0.873. The van der Waals surface area contributed by atoms with Gasteiger partial charge in [0.25, 0.3) is 0 Å². The van der Waals surface area contributed by atoms with Crippen molar-refractivity contribution in [3.8, 4) is 0 Å². The predicted molar refractivity (Wildman–Crippen MR) is 151 cm³/mol. The Morgan fingerprint density at radius 3 is 1.00 bits per heavy atom. The lowest BCUT2D eigenvalue weighted by atomic mass is 10.4. The van der Waals surface area contributed by atoms with E-state index in [1.54, 1.807) is 0 Å². The quantitative estimate of drug-likeness (QED) is 0.203. The molecule has 0 aromatic rings. The zero-order valence-electron chi connectivity index (χ0n) is 23.7. The molecule has 0 fully saturated rings. The molecule has 0 aliphatic heterocycles. The van der Waals surface area contributed by atoms with Crippen molar-refractivity contribution in [2.24, 2.45) is 19.1 Å². The molecule has 0 aliphatic rings. The molecule has 0 saturated heterocycles. The smallest absolute Gasteiger partial charge is 0.358 e. The molecule has 0 aromatic carbocycles. The minimum atomic E-state index is -2.86. The Balaban J connectivity index is 7.40. The summed E-state index contributed by atoms with van der Waals surface area (Å²) in [6.45, 7) is 32.5. The second kappa shape index (κ2) is 16.0. The van der Waals surface area contributed by atoms with Gasteiger partial charge in [0.05, 0.1) is 5.71 Å². The average Bonchev–Trinajstić information content (AvgIpc) is 2.76. The summed E-state index contributed by atoms with van der Waals surface area (Å²) in [5.41, 5.74) is 0.942. The second-order valence-corrected chi connectivity index (χ2v) is 9.84. The Bertz CT molecular complexity index is 624. The Kier molecular flexibility index (Phi) is 15.2. The largest absolute Gasteiger partial charge is 0.500 e. The molecule has 0 aliphatic carbocycles. The fraction of sp³-hybridized carbons (Fsp3) is 0.833. The lowest BCUT2D eigenvalue weighted by Crippen LogP contribution is -2.44. The number of hydrogen-bond acceptors (Lipinski definition) is 4. The number of nitrogens with zero attached hydrogens (tertiary/aromatic N) is 8. The van der Waals surface area contributed by atoms with Crippen LogP contribution in [0, 0.1) is 0 Å². The van der Waals surface area contributed by atoms with Gasteiger partial charge >= 0.3 is 7.87 Å². The molecule has 0 spiro atoms. The van der Waals surface area contributed by atoms with Crippen LogP contribution in [-0.4, -0.2) is 95.3 Å². The van der Waals surface area contributed by atoms with Gasteiger partial charge in [0.1, 0.15) is 11.7 Å². The van der Waals surface area contributed by atoms with Crippen LogP contribution >= 0.6 is 7.87 Å². The summed E-state index contributed by atoms with van der Waals surface area (Å²) >= 11 is 0. The molecule has 9 heteroatoms. The number of amidine groups is 2. The van der Waals surface area contributed by atoms with Crippen molar-refractivity contribution < 1.29 is 0 Å². The predicted octanol–water partition coefficient (Wildman–Crippen LogP) is 5.70. The lowest BCUT2D eigenvalue weighted by molar-refractivity contribution is 0.352. The van der Waals surface area contributed by atoms with Crippen LogP contribution in [0.5, 0.6) is 0 Å². The first-order valence-electron chi connectivity index (χ1n) is 12.8. The summed E-state index contributed by atoms with van der Waals surface area (Å²) in [5.74, 6) is 2.82. The fourth-order valence-electron chi connectivity index (χ4n) is 3.74. The van der Waals surface area contributed by atoms with Crippen LogP contribution in [0.1, 0.15) is 83.1 Å². The topological polar surface area (TPSA) is 62.4 Å². The standard InChI is InChI=1S/C24H52N8P/c1-13-29(14-2)22(11)26-33(25-21(9)10,27-23(12)30(15-3)16-4)28-24(31(17-5)18-6)32(19-7)20-8/h13-20H2,1-12H3/q+1. The highest BCUT2D eigenvalue weighted by atomic mass is 31.2. The van der Waals surface area contributed by atoms with E-state index < -0.39 is 7.87 Å². The summed E-state index contributed by atoms with van der Waals surface area (Å²) in [5, 5.41) is 0. The molecular weight excluding hydrogens is 431 g/mol. The third kappa shape index (κ3) is 9.60. The summed E-state index contributed by atoms with van der Waals surface area (Å²) in [6, 6.07) is 0. The first-order valence-corrected chi connectivity index (χ1v) is 14.4. The van der Waals surface area contributed by atoms with E-state index in [9.17, 15) is 0 Å². The van der Waals surface area contributed by atoms with E-state index in [4.69, 9.17) is 19.1 Å². The van der Waals surface area contributed by atoms with Gasteiger partial charge in [-0.3, -0.25) is 0 Å². The van der Waals surface area contributed by atoms with E-state index in [0.29, 0.717) is 0 Å². The highest BCUT2D eigenvalue weighted by Crippen LogP contribution is 2.66. The molecule has 0 unspecified atom stereocenters. The molecule has 0 saturated carbocycles. The fourth-order valence-corrected chi connectivity index (χ4v) is 6.07. The van der Waals surface area contributed by atoms with Gasteiger partial charge in [-0.15, -0.1) is 0 Å². The Hall–Kier alpha value is -1.69. The summed E-state index contributed by atoms with van der Waals surface area (Å²) in [7, 11) is -2.86. The van der Waals surface area contributed by atoms with Crippen LogP contribution in [0.4, 0.5) is 0 Å². The van der Waals surface area contributed by atoms with Crippen molar-refractivity contribution in [3.63, 3.8) is 0 Å². The number of guanidine groups is 1. The van der Waals surface area contributed by atoms with Crippen LogP contribution < -0.4 is 0 Å². The van der Waals surface area contributed by atoms with E-state index in [-0.39, 0.29) is 0 Å². The number of rotatable bonds is 12. The van der Waals surface area contributed by atoms with Crippen molar-refractivity contribution in [2.45, 2.75) is 83.1 Å². The number of hydrogen-bond donors (Lipinski definition) is 0. The van der Waals surface area contributed by atoms with Crippen LogP contribution in [0.15, 0.2) is 19.1 Å². The highest BCUT2D eigenvalue weighted by molar-refractivity contribution is 7.71. The molecule has 0 bridgehead atoms. The van der Waals surface area contributed by atoms with Crippen molar-refractivity contribution in [1.29, 1.82) is 0 Å². The molecule has 0 aromatic heterocycles. The summed E-state index contributed by atoms with van der Waals surface area (Å²) < 4.78 is 20.9. The first-order chi connectivity index (χ1) is 15.6. The van der Waals surface area contributed by atoms with Crippen molar-refractivity contribution in [2.75, 3.05) is 52.4 Å². The van der Waals surface area contributed by atoms with Gasteiger partial charge < -0.3 is 19.6 Å². The van der Waals surface area contributed by atoms with Gasteiger partial charge in [-0.05, 0) is 97.4 Å². The van der Waals surface area contributed by atoms with Crippen LogP contribution in [0.25, 0.3) is 0 Å². The third-order valence-electron chi connectivity index (χ3n) is 5.65. The van der Waals surface area contributed by atoms with E-state index in [0.717, 1.165) is 75.7 Å². The van der Waals surface area contributed by atoms with Crippen LogP contribution in [0.2, 0.25) is 0 Å². The van der Waals surface area contributed by atoms with Gasteiger partial charge in [0.2, 0.25) is 5.96 Å². The summed E-state index contributed by atoms with van der Waals surface area (Å²) in [4.78, 5) is 9.10. The van der Waals surface area contributed by atoms with Crippen molar-refractivity contribution in [1.82, 2.24) is 19.6 Å². The van der Waals surface area contributed by atoms with E-state index in [2.05, 4.69) is 88.8 Å². The van der Waals surface area contributed by atoms with Gasteiger partial charge in [-0.1, -0.05) is 4.76 Å². The molecular formula is C24H52N8P+. The van der Waals surface area contributed by atoms with Crippen molar-refractivity contribution in [3.05, 3.63) is 0 Å². The maximum absolute atomic E-state index is 5.38. The molecule has 0 rings (SSSR count). The summed E-state index contributed by atoms with van der Waals surface area (Å²) in [6.07, 6.45) is 0. The van der Waals surface area contributed by atoms with Crippen molar-refractivity contribution >= 4 is 31.2 Å². The maximum atomic E-state index is 5.38. The molecule has 192 valence electrons. The first kappa shape index (κ1) is 31.3. The Morgan fingerprint density at radius 2 is 0.758 bits per heavy atom. The molecule has 33 heavy (non-hydrogen) atoms. The Morgan fingerprint density at radius 1 is 0.455 bits per heavy atom. The second-order valence-electron chi connectivity index (χ2n) is 7.97. The van der Waals surface area contributed by atoms with E-state index in [1.807, 2.05) is 13.8 Å². The van der Waals surface area contributed by atoms with Gasteiger partial charge in [-0.25, -0.2) is 0 Å². The Labute approximate surface area is 205 Å². The molecule has 0 radical (unpaired) electrons. The normalized spacial score (nSPS) is 13.8. The minimum Gasteiger partial charge on any atom is -0.358 e. The highest BCUT2D eigenvalue weighted by Gasteiger charge is 2.44. The zero-order valence-corrected chi connectivity index (χ0v) is 24.6. The molecule has 0 N–H and O–H groups in total. The molecule has 0 atom stereocenters. The van der Waals surface area contributed by atoms with E-state index >= 15 is 0 Å². The monoisotopic (exact) mass is 483 g/mol. The van der Waals surface area contributed by atoms with Crippen LogP contribution in [-0.2, 0) is 0 Å². The molecule has 8 nitrogen and oxygen atoms in total. The zero-order chi connectivity index (χ0) is 25.6. The molecule has 0 amide bonds. The third-order valence-corrected chi connectivity index (χ3v) is 7.88. The lowest BCUT2D eigenvalue weighted by Gasteiger charge is -2.31.